The van der Waals surface area contributed by atoms with E-state index in [0.717, 1.165) is 49.4 Å². The molecule has 0 atom stereocenters. The van der Waals surface area contributed by atoms with Gasteiger partial charge in [0.1, 0.15) is 18.1 Å². The average molecular weight is 417 g/mol. The number of aliphatic imine (C=N–C) groups is 1. The van der Waals surface area contributed by atoms with E-state index in [0.29, 0.717) is 25.6 Å². The highest BCUT2D eigenvalue weighted by Crippen LogP contribution is 2.11. The largest absolute Gasteiger partial charge is 0.497 e. The molecule has 2 aromatic rings. The molecule has 30 heavy (non-hydrogen) atoms. The van der Waals surface area contributed by atoms with Crippen molar-refractivity contribution in [2.75, 3.05) is 33.4 Å². The molecule has 0 saturated carbocycles. The lowest BCUT2D eigenvalue weighted by Gasteiger charge is -2.13. The summed E-state index contributed by atoms with van der Waals surface area (Å²) in [6.45, 7) is 9.70. The summed E-state index contributed by atoms with van der Waals surface area (Å²) in [6.07, 6.45) is 1.96. The molecule has 0 aliphatic carbocycles. The molecule has 1 aromatic carbocycles. The first-order valence-electron chi connectivity index (χ1n) is 10.6. The lowest BCUT2D eigenvalue weighted by molar-refractivity contribution is 0.128. The molecule has 8 nitrogen and oxygen atoms in total. The fourth-order valence-electron chi connectivity index (χ4n) is 2.69. The zero-order valence-corrected chi connectivity index (χ0v) is 18.9. The van der Waals surface area contributed by atoms with Crippen molar-refractivity contribution in [1.29, 1.82) is 0 Å². The van der Waals surface area contributed by atoms with Crippen LogP contribution in [-0.4, -0.2) is 54.1 Å². The first-order chi connectivity index (χ1) is 14.5. The van der Waals surface area contributed by atoms with Crippen LogP contribution in [0, 0.1) is 12.8 Å². The predicted octanol–water partition coefficient (Wildman–Crippen LogP) is 2.47. The van der Waals surface area contributed by atoms with Gasteiger partial charge in [-0.25, -0.2) is 4.99 Å². The van der Waals surface area contributed by atoms with Gasteiger partial charge < -0.3 is 24.7 Å². The van der Waals surface area contributed by atoms with Crippen molar-refractivity contribution >= 4 is 5.96 Å². The monoisotopic (exact) mass is 416 g/mol. The summed E-state index contributed by atoms with van der Waals surface area (Å²) in [7, 11) is 3.63. The molecule has 1 heterocycles. The predicted molar refractivity (Wildman–Crippen MR) is 120 cm³/mol. The second-order valence-corrected chi connectivity index (χ2v) is 7.63. The second-order valence-electron chi connectivity index (χ2n) is 7.63. The molecule has 0 radical (unpaired) electrons. The third-order valence-corrected chi connectivity index (χ3v) is 4.80. The summed E-state index contributed by atoms with van der Waals surface area (Å²) in [6, 6.07) is 8.12. The van der Waals surface area contributed by atoms with Gasteiger partial charge in [0, 0.05) is 26.7 Å². The van der Waals surface area contributed by atoms with Crippen LogP contribution in [0.5, 0.6) is 5.75 Å². The number of benzene rings is 1. The smallest absolute Gasteiger partial charge is 0.191 e. The summed E-state index contributed by atoms with van der Waals surface area (Å²) < 4.78 is 12.9. The number of guanidine groups is 1. The van der Waals surface area contributed by atoms with Crippen LogP contribution in [0.15, 0.2) is 29.3 Å². The minimum absolute atomic E-state index is 0.462. The molecule has 0 spiro atoms. The van der Waals surface area contributed by atoms with Crippen molar-refractivity contribution in [3.63, 3.8) is 0 Å². The highest BCUT2D eigenvalue weighted by molar-refractivity contribution is 5.79. The minimum atomic E-state index is 0.462. The molecule has 0 bridgehead atoms. The molecular weight excluding hydrogens is 380 g/mol. The summed E-state index contributed by atoms with van der Waals surface area (Å²) in [4.78, 5) is 4.67. The summed E-state index contributed by atoms with van der Waals surface area (Å²) >= 11 is 0. The zero-order valence-electron chi connectivity index (χ0n) is 18.9. The van der Waals surface area contributed by atoms with Crippen LogP contribution in [0.25, 0.3) is 0 Å². The Balaban J connectivity index is 1.85. The van der Waals surface area contributed by atoms with Crippen molar-refractivity contribution in [2.45, 2.75) is 40.2 Å². The Kier molecular flexibility index (Phi) is 10.1. The zero-order chi connectivity index (χ0) is 21.8. The molecule has 2 N–H and O–H groups in total. The molecular formula is C22H36N6O2. The maximum Gasteiger partial charge on any atom is 0.191 e. The lowest BCUT2D eigenvalue weighted by Crippen LogP contribution is -2.40. The lowest BCUT2D eigenvalue weighted by atomic mass is 10.1. The van der Waals surface area contributed by atoms with Crippen molar-refractivity contribution in [1.82, 2.24) is 25.4 Å². The maximum atomic E-state index is 5.69. The quantitative estimate of drug-likeness (QED) is 0.314. The van der Waals surface area contributed by atoms with Gasteiger partial charge >= 0.3 is 0 Å². The number of ether oxygens (including phenoxy) is 2. The van der Waals surface area contributed by atoms with E-state index in [9.17, 15) is 0 Å². The van der Waals surface area contributed by atoms with E-state index in [2.05, 4.69) is 51.8 Å². The Bertz CT molecular complexity index is 770. The molecule has 0 fully saturated rings. The molecule has 0 amide bonds. The van der Waals surface area contributed by atoms with Crippen LogP contribution in [0.1, 0.15) is 37.5 Å². The van der Waals surface area contributed by atoms with Crippen LogP contribution in [0.3, 0.4) is 0 Å². The Morgan fingerprint density at radius 1 is 1.10 bits per heavy atom. The molecule has 0 unspecified atom stereocenters. The highest BCUT2D eigenvalue weighted by Gasteiger charge is 2.05. The van der Waals surface area contributed by atoms with E-state index < -0.39 is 0 Å². The van der Waals surface area contributed by atoms with E-state index in [4.69, 9.17) is 9.47 Å². The van der Waals surface area contributed by atoms with E-state index in [1.165, 1.54) is 5.56 Å². The van der Waals surface area contributed by atoms with Gasteiger partial charge in [-0.2, -0.15) is 0 Å². The van der Waals surface area contributed by atoms with Crippen molar-refractivity contribution in [3.05, 3.63) is 41.5 Å². The van der Waals surface area contributed by atoms with Crippen LogP contribution >= 0.6 is 0 Å². The van der Waals surface area contributed by atoms with Crippen LogP contribution in [0.2, 0.25) is 0 Å². The number of nitrogens with one attached hydrogen (secondary N) is 2. The van der Waals surface area contributed by atoms with Gasteiger partial charge in [0.05, 0.1) is 13.7 Å². The number of hydrogen-bond donors (Lipinski definition) is 2. The number of nitrogens with zero attached hydrogens (tertiary/aromatic N) is 4. The Morgan fingerprint density at radius 3 is 2.47 bits per heavy atom. The number of rotatable bonds is 12. The van der Waals surface area contributed by atoms with Gasteiger partial charge in [-0.15, -0.1) is 10.2 Å². The number of methoxy groups -OCH3 is 1. The Labute approximate surface area is 180 Å². The van der Waals surface area contributed by atoms with Gasteiger partial charge in [-0.1, -0.05) is 26.0 Å². The highest BCUT2D eigenvalue weighted by atomic mass is 16.5. The minimum Gasteiger partial charge on any atom is -0.497 e. The van der Waals surface area contributed by atoms with E-state index >= 15 is 0 Å². The number of hydrogen-bond acceptors (Lipinski definition) is 5. The molecule has 0 aliphatic heterocycles. The molecule has 2 rings (SSSR count). The van der Waals surface area contributed by atoms with Crippen molar-refractivity contribution in [2.24, 2.45) is 18.0 Å². The molecule has 166 valence electrons. The third kappa shape index (κ3) is 8.41. The van der Waals surface area contributed by atoms with Gasteiger partial charge in [0.15, 0.2) is 11.8 Å². The Hall–Kier alpha value is -2.61. The van der Waals surface area contributed by atoms with Gasteiger partial charge in [-0.05, 0) is 43.4 Å². The Morgan fingerprint density at radius 2 is 1.83 bits per heavy atom. The first-order valence-corrected chi connectivity index (χ1v) is 10.6. The van der Waals surface area contributed by atoms with E-state index in [-0.39, 0.29) is 0 Å². The number of aromatic nitrogens is 3. The van der Waals surface area contributed by atoms with Gasteiger partial charge in [-0.3, -0.25) is 0 Å². The average Bonchev–Trinajstić information content (AvgIpc) is 3.06. The van der Waals surface area contributed by atoms with E-state index in [1.807, 2.05) is 30.7 Å². The SMILES string of the molecule is COc1ccc(CCNC(=NCc2nnc(C)n2C)NCCOCCC(C)C)cc1. The molecule has 0 aliphatic rings. The standard InChI is InChI=1S/C22H36N6O2/c1-17(2)11-14-30-15-13-24-22(25-16-21-27-26-18(3)28(21)4)23-12-10-19-6-8-20(29-5)9-7-19/h6-9,17H,10-16H2,1-5H3,(H2,23,24,25). The van der Waals surface area contributed by atoms with Crippen LogP contribution < -0.4 is 15.4 Å². The molecule has 8 heteroatoms. The van der Waals surface area contributed by atoms with Gasteiger partial charge in [0.25, 0.3) is 0 Å². The van der Waals surface area contributed by atoms with Gasteiger partial charge in [0.2, 0.25) is 0 Å². The maximum absolute atomic E-state index is 5.69. The van der Waals surface area contributed by atoms with Crippen molar-refractivity contribution in [3.8, 4) is 5.75 Å². The van der Waals surface area contributed by atoms with Crippen LogP contribution in [-0.2, 0) is 24.8 Å². The fraction of sp³-hybridized carbons (Fsp3) is 0.591. The normalized spacial score (nSPS) is 11.7. The molecule has 1 aromatic heterocycles. The second kappa shape index (κ2) is 12.8. The first kappa shape index (κ1) is 23.7. The summed E-state index contributed by atoms with van der Waals surface area (Å²) in [5.74, 6) is 3.98. The third-order valence-electron chi connectivity index (χ3n) is 4.80. The summed E-state index contributed by atoms with van der Waals surface area (Å²) in [5, 5.41) is 15.0. The summed E-state index contributed by atoms with van der Waals surface area (Å²) in [5.41, 5.74) is 1.24. The van der Waals surface area contributed by atoms with Crippen LogP contribution in [0.4, 0.5) is 0 Å². The van der Waals surface area contributed by atoms with Crippen molar-refractivity contribution < 1.29 is 9.47 Å². The topological polar surface area (TPSA) is 85.6 Å². The number of aryl methyl sites for hydroxylation is 1. The molecule has 0 saturated heterocycles. The fourth-order valence-corrected chi connectivity index (χ4v) is 2.69. The van der Waals surface area contributed by atoms with E-state index in [1.54, 1.807) is 7.11 Å².